The van der Waals surface area contributed by atoms with Gasteiger partial charge >= 0.3 is 0 Å². The van der Waals surface area contributed by atoms with Crippen LogP contribution >= 0.6 is 0 Å². The van der Waals surface area contributed by atoms with Crippen molar-refractivity contribution in [1.29, 1.82) is 0 Å². The molecule has 1 aliphatic rings. The summed E-state index contributed by atoms with van der Waals surface area (Å²) in [6.45, 7) is 9.46. The molecular formula is C16H25NO. The molecule has 18 heavy (non-hydrogen) atoms. The van der Waals surface area contributed by atoms with Crippen LogP contribution in [-0.4, -0.2) is 29.6 Å². The van der Waals surface area contributed by atoms with Crippen LogP contribution in [0.5, 0.6) is 0 Å². The highest BCUT2D eigenvalue weighted by molar-refractivity contribution is 5.21. The molecule has 1 N–H and O–H groups in total. The van der Waals surface area contributed by atoms with Gasteiger partial charge in [-0.3, -0.25) is 4.90 Å². The second-order valence-electron chi connectivity index (χ2n) is 6.62. The number of benzene rings is 1. The Kier molecular flexibility index (Phi) is 3.79. The fourth-order valence-electron chi connectivity index (χ4n) is 3.00. The van der Waals surface area contributed by atoms with E-state index >= 15 is 0 Å². The van der Waals surface area contributed by atoms with Crippen LogP contribution in [0.1, 0.15) is 39.2 Å². The van der Waals surface area contributed by atoms with Gasteiger partial charge in [-0.05, 0) is 37.3 Å². The van der Waals surface area contributed by atoms with E-state index in [2.05, 4.69) is 18.7 Å². The second-order valence-corrected chi connectivity index (χ2v) is 6.62. The van der Waals surface area contributed by atoms with Gasteiger partial charge in [0.15, 0.2) is 0 Å². The van der Waals surface area contributed by atoms with Gasteiger partial charge in [0.1, 0.15) is 0 Å². The molecule has 1 saturated heterocycles. The summed E-state index contributed by atoms with van der Waals surface area (Å²) >= 11 is 0. The summed E-state index contributed by atoms with van der Waals surface area (Å²) in [5.74, 6) is 0. The number of β-amino-alcohol motifs (C(OH)–C–C–N with tert-alkyl or cyclic N) is 1. The smallest absolute Gasteiger partial charge is 0.0994 e. The lowest BCUT2D eigenvalue weighted by molar-refractivity contribution is -0.00717. The predicted molar refractivity (Wildman–Crippen MR) is 75.5 cm³/mol. The molecule has 1 heterocycles. The van der Waals surface area contributed by atoms with Gasteiger partial charge in [-0.2, -0.15) is 0 Å². The van der Waals surface area contributed by atoms with E-state index in [1.807, 2.05) is 37.3 Å². The average molecular weight is 247 g/mol. The van der Waals surface area contributed by atoms with Crippen LogP contribution in [-0.2, 0) is 5.60 Å². The van der Waals surface area contributed by atoms with E-state index in [1.54, 1.807) is 0 Å². The molecule has 1 aliphatic heterocycles. The maximum Gasteiger partial charge on any atom is 0.0994 e. The first kappa shape index (κ1) is 13.6. The van der Waals surface area contributed by atoms with E-state index in [4.69, 9.17) is 0 Å². The van der Waals surface area contributed by atoms with Gasteiger partial charge in [0.2, 0.25) is 0 Å². The normalized spacial score (nSPS) is 23.6. The summed E-state index contributed by atoms with van der Waals surface area (Å²) in [6.07, 6.45) is 2.52. The highest BCUT2D eigenvalue weighted by atomic mass is 16.3. The van der Waals surface area contributed by atoms with Gasteiger partial charge in [-0.1, -0.05) is 44.2 Å². The maximum atomic E-state index is 10.7. The van der Waals surface area contributed by atoms with Crippen molar-refractivity contribution in [3.05, 3.63) is 35.9 Å². The summed E-state index contributed by atoms with van der Waals surface area (Å²) in [7, 11) is 0. The minimum Gasteiger partial charge on any atom is -0.384 e. The second kappa shape index (κ2) is 5.02. The van der Waals surface area contributed by atoms with Crippen molar-refractivity contribution in [3.8, 4) is 0 Å². The number of hydrogen-bond donors (Lipinski definition) is 1. The van der Waals surface area contributed by atoms with Crippen LogP contribution in [0.25, 0.3) is 0 Å². The van der Waals surface area contributed by atoms with Gasteiger partial charge in [0, 0.05) is 13.1 Å². The van der Waals surface area contributed by atoms with E-state index < -0.39 is 5.60 Å². The fourth-order valence-corrected chi connectivity index (χ4v) is 3.00. The molecule has 1 aromatic rings. The zero-order valence-electron chi connectivity index (χ0n) is 11.8. The lowest BCUT2D eigenvalue weighted by Gasteiger charge is -2.41. The number of likely N-dealkylation sites (tertiary alicyclic amines) is 1. The van der Waals surface area contributed by atoms with E-state index in [0.29, 0.717) is 5.41 Å². The number of aliphatic hydroxyl groups is 1. The highest BCUT2D eigenvalue weighted by Crippen LogP contribution is 2.31. The third-order valence-corrected chi connectivity index (χ3v) is 3.91. The van der Waals surface area contributed by atoms with Crippen molar-refractivity contribution in [2.45, 2.75) is 39.2 Å². The van der Waals surface area contributed by atoms with Crippen molar-refractivity contribution in [2.24, 2.45) is 5.41 Å². The van der Waals surface area contributed by atoms with Crippen LogP contribution in [0.2, 0.25) is 0 Å². The summed E-state index contributed by atoms with van der Waals surface area (Å²) < 4.78 is 0. The SMILES string of the molecule is CC1(C)CCCN(CC(C)(O)c2ccccc2)C1. The Labute approximate surface area is 111 Å². The molecule has 0 spiro atoms. The van der Waals surface area contributed by atoms with Crippen LogP contribution in [0.4, 0.5) is 0 Å². The first-order chi connectivity index (χ1) is 8.39. The highest BCUT2D eigenvalue weighted by Gasteiger charge is 2.31. The van der Waals surface area contributed by atoms with Gasteiger partial charge in [-0.25, -0.2) is 0 Å². The van der Waals surface area contributed by atoms with Gasteiger partial charge in [0.25, 0.3) is 0 Å². The molecule has 2 heteroatoms. The van der Waals surface area contributed by atoms with Crippen molar-refractivity contribution < 1.29 is 5.11 Å². The minimum atomic E-state index is -0.755. The quantitative estimate of drug-likeness (QED) is 0.887. The molecule has 0 amide bonds. The minimum absolute atomic E-state index is 0.380. The molecule has 0 bridgehead atoms. The third kappa shape index (κ3) is 3.33. The molecule has 0 aromatic heterocycles. The molecule has 1 atom stereocenters. The van der Waals surface area contributed by atoms with E-state index in [1.165, 1.54) is 12.8 Å². The molecule has 2 nitrogen and oxygen atoms in total. The van der Waals surface area contributed by atoms with Gasteiger partial charge in [0.05, 0.1) is 5.60 Å². The summed E-state index contributed by atoms with van der Waals surface area (Å²) in [5, 5.41) is 10.7. The zero-order valence-corrected chi connectivity index (χ0v) is 11.8. The topological polar surface area (TPSA) is 23.5 Å². The standard InChI is InChI=1S/C16H25NO/c1-15(2)10-7-11-17(12-15)13-16(3,18)14-8-5-4-6-9-14/h4-6,8-9,18H,7,10-13H2,1-3H3. The lowest BCUT2D eigenvalue weighted by atomic mass is 9.83. The molecule has 1 fully saturated rings. The number of hydrogen-bond acceptors (Lipinski definition) is 2. The number of nitrogens with zero attached hydrogens (tertiary/aromatic N) is 1. The van der Waals surface area contributed by atoms with Crippen molar-refractivity contribution in [3.63, 3.8) is 0 Å². The molecular weight excluding hydrogens is 222 g/mol. The van der Waals surface area contributed by atoms with Crippen molar-refractivity contribution >= 4 is 0 Å². The van der Waals surface area contributed by atoms with Gasteiger partial charge < -0.3 is 5.11 Å². The summed E-state index contributed by atoms with van der Waals surface area (Å²) in [4.78, 5) is 2.40. The van der Waals surface area contributed by atoms with E-state index in [9.17, 15) is 5.11 Å². The Morgan fingerprint density at radius 2 is 1.94 bits per heavy atom. The van der Waals surface area contributed by atoms with Gasteiger partial charge in [-0.15, -0.1) is 0 Å². The Morgan fingerprint density at radius 1 is 1.28 bits per heavy atom. The van der Waals surface area contributed by atoms with E-state index in [-0.39, 0.29) is 0 Å². The van der Waals surface area contributed by atoms with Crippen LogP contribution in [0.15, 0.2) is 30.3 Å². The van der Waals surface area contributed by atoms with Crippen molar-refractivity contribution in [1.82, 2.24) is 4.90 Å². The maximum absolute atomic E-state index is 10.7. The predicted octanol–water partition coefficient (Wildman–Crippen LogP) is 3.02. The van der Waals surface area contributed by atoms with Crippen LogP contribution < -0.4 is 0 Å². The summed E-state index contributed by atoms with van der Waals surface area (Å²) in [6, 6.07) is 9.99. The first-order valence-corrected chi connectivity index (χ1v) is 6.89. The molecule has 100 valence electrons. The molecule has 0 saturated carbocycles. The molecule has 0 radical (unpaired) electrons. The molecule has 1 unspecified atom stereocenters. The Bertz CT molecular complexity index is 383. The Morgan fingerprint density at radius 3 is 2.56 bits per heavy atom. The lowest BCUT2D eigenvalue weighted by Crippen LogP contribution is -2.46. The first-order valence-electron chi connectivity index (χ1n) is 6.89. The Balaban J connectivity index is 2.04. The molecule has 1 aromatic carbocycles. The van der Waals surface area contributed by atoms with Crippen molar-refractivity contribution in [2.75, 3.05) is 19.6 Å². The third-order valence-electron chi connectivity index (χ3n) is 3.91. The molecule has 0 aliphatic carbocycles. The van der Waals surface area contributed by atoms with Crippen LogP contribution in [0.3, 0.4) is 0 Å². The van der Waals surface area contributed by atoms with Crippen LogP contribution in [0, 0.1) is 5.41 Å². The number of piperidine rings is 1. The largest absolute Gasteiger partial charge is 0.384 e. The van der Waals surface area contributed by atoms with E-state index in [0.717, 1.165) is 25.2 Å². The fraction of sp³-hybridized carbons (Fsp3) is 0.625. The molecule has 2 rings (SSSR count). The monoisotopic (exact) mass is 247 g/mol. The number of rotatable bonds is 3. The average Bonchev–Trinajstić information content (AvgIpc) is 2.28. The Hall–Kier alpha value is -0.860. The summed E-state index contributed by atoms with van der Waals surface area (Å²) in [5.41, 5.74) is 0.632. The zero-order chi connectivity index (χ0) is 13.2.